The molecule has 0 radical (unpaired) electrons. The van der Waals surface area contributed by atoms with Gasteiger partial charge in [0.2, 0.25) is 5.91 Å². The summed E-state index contributed by atoms with van der Waals surface area (Å²) in [6.07, 6.45) is 20.3. The number of ether oxygens (including phenoxy) is 1. The predicted octanol–water partition coefficient (Wildman–Crippen LogP) is 6.21. The van der Waals surface area contributed by atoms with Gasteiger partial charge >= 0.3 is 19.8 Å². The average Bonchev–Trinajstić information content (AvgIpc) is 2.95. The van der Waals surface area contributed by atoms with Crippen molar-refractivity contribution in [2.45, 2.75) is 142 Å². The molecule has 0 aromatic carbocycles. The predicted molar refractivity (Wildman–Crippen MR) is 162 cm³/mol. The first-order valence-electron chi connectivity index (χ1n) is 15.7. The third kappa shape index (κ3) is 25.9. The van der Waals surface area contributed by atoms with Gasteiger partial charge in [-0.25, -0.2) is 9.36 Å². The lowest BCUT2D eigenvalue weighted by molar-refractivity contribution is -0.147. The Labute approximate surface area is 252 Å². The molecule has 4 N–H and O–H groups in total. The molecule has 0 aromatic rings. The van der Waals surface area contributed by atoms with Gasteiger partial charge in [0.25, 0.3) is 0 Å². The van der Waals surface area contributed by atoms with Crippen LogP contribution < -0.4 is 5.32 Å². The number of phosphoric acid groups is 1. The monoisotopic (exact) mass is 621 g/mol. The SMILES string of the molecule is CCCCCC/C=C\CCCCCCCC(=O)OCC(O)COP(=O)(O)OCC(NC(=O)CCCCCCC)C(=O)O. The number of aliphatic hydroxyl groups is 1. The van der Waals surface area contributed by atoms with Crippen molar-refractivity contribution in [2.24, 2.45) is 0 Å². The van der Waals surface area contributed by atoms with Crippen molar-refractivity contribution in [3.05, 3.63) is 12.2 Å². The Kier molecular flexibility index (Phi) is 25.7. The summed E-state index contributed by atoms with van der Waals surface area (Å²) in [6, 6.07) is -1.54. The number of carboxylic acids is 1. The third-order valence-electron chi connectivity index (χ3n) is 6.55. The minimum Gasteiger partial charge on any atom is -0.480 e. The number of aliphatic hydroxyl groups excluding tert-OH is 1. The van der Waals surface area contributed by atoms with Crippen LogP contribution in [-0.4, -0.2) is 64.9 Å². The van der Waals surface area contributed by atoms with Crippen LogP contribution >= 0.6 is 7.82 Å². The van der Waals surface area contributed by atoms with Crippen molar-refractivity contribution in [3.8, 4) is 0 Å². The van der Waals surface area contributed by atoms with Crippen molar-refractivity contribution >= 4 is 25.7 Å². The first-order valence-corrected chi connectivity index (χ1v) is 17.2. The molecule has 0 spiro atoms. The van der Waals surface area contributed by atoms with E-state index >= 15 is 0 Å². The molecule has 0 saturated heterocycles. The van der Waals surface area contributed by atoms with Gasteiger partial charge in [-0.2, -0.15) is 0 Å². The van der Waals surface area contributed by atoms with Crippen molar-refractivity contribution in [1.82, 2.24) is 5.32 Å². The number of carbonyl (C=O) groups excluding carboxylic acids is 2. The molecule has 0 aliphatic heterocycles. The summed E-state index contributed by atoms with van der Waals surface area (Å²) in [5.74, 6) is -2.40. The summed E-state index contributed by atoms with van der Waals surface area (Å²) in [7, 11) is -4.73. The molecule has 0 bridgehead atoms. The number of hydrogen-bond donors (Lipinski definition) is 4. The van der Waals surface area contributed by atoms with Crippen molar-refractivity contribution in [2.75, 3.05) is 19.8 Å². The maximum absolute atomic E-state index is 12.1. The zero-order valence-corrected chi connectivity index (χ0v) is 26.7. The highest BCUT2D eigenvalue weighted by Crippen LogP contribution is 2.43. The lowest BCUT2D eigenvalue weighted by Crippen LogP contribution is -2.43. The lowest BCUT2D eigenvalue weighted by Gasteiger charge is -2.18. The van der Waals surface area contributed by atoms with Gasteiger partial charge in [-0.05, 0) is 38.5 Å². The van der Waals surface area contributed by atoms with Gasteiger partial charge in [0.05, 0.1) is 13.2 Å². The molecule has 246 valence electrons. The van der Waals surface area contributed by atoms with E-state index < -0.39 is 57.6 Å². The Morgan fingerprint density at radius 1 is 0.738 bits per heavy atom. The second kappa shape index (κ2) is 26.8. The molecule has 3 atom stereocenters. The summed E-state index contributed by atoms with van der Waals surface area (Å²) in [4.78, 5) is 45.1. The van der Waals surface area contributed by atoms with E-state index in [0.717, 1.165) is 64.2 Å². The number of aliphatic carboxylic acids is 1. The van der Waals surface area contributed by atoms with E-state index in [-0.39, 0.29) is 12.8 Å². The van der Waals surface area contributed by atoms with E-state index in [1.54, 1.807) is 0 Å². The number of rotatable bonds is 29. The van der Waals surface area contributed by atoms with E-state index in [1.165, 1.54) is 25.7 Å². The van der Waals surface area contributed by atoms with Crippen LogP contribution in [0.4, 0.5) is 0 Å². The number of allylic oxidation sites excluding steroid dienone is 2. The third-order valence-corrected chi connectivity index (χ3v) is 7.51. The van der Waals surface area contributed by atoms with Gasteiger partial charge in [-0.1, -0.05) is 90.2 Å². The molecule has 0 aliphatic rings. The quantitative estimate of drug-likeness (QED) is 0.0326. The lowest BCUT2D eigenvalue weighted by atomic mass is 10.1. The van der Waals surface area contributed by atoms with E-state index in [2.05, 4.69) is 40.4 Å². The Morgan fingerprint density at radius 2 is 1.24 bits per heavy atom. The van der Waals surface area contributed by atoms with Crippen LogP contribution in [0, 0.1) is 0 Å². The van der Waals surface area contributed by atoms with Crippen LogP contribution in [0.5, 0.6) is 0 Å². The van der Waals surface area contributed by atoms with Gasteiger partial charge in [-0.15, -0.1) is 0 Å². The summed E-state index contributed by atoms with van der Waals surface area (Å²) in [5, 5.41) is 21.5. The summed E-state index contributed by atoms with van der Waals surface area (Å²) in [6.45, 7) is 2.39. The number of nitrogens with one attached hydrogen (secondary N) is 1. The maximum atomic E-state index is 12.1. The fraction of sp³-hybridized carbons (Fsp3) is 0.833. The van der Waals surface area contributed by atoms with Crippen LogP contribution in [0.1, 0.15) is 129 Å². The molecule has 0 heterocycles. The van der Waals surface area contributed by atoms with Gasteiger partial charge < -0.3 is 25.2 Å². The Hall–Kier alpha value is -1.78. The van der Waals surface area contributed by atoms with Crippen LogP contribution in [-0.2, 0) is 32.7 Å². The van der Waals surface area contributed by atoms with Crippen LogP contribution in [0.15, 0.2) is 12.2 Å². The normalized spacial score (nSPS) is 14.4. The highest BCUT2D eigenvalue weighted by atomic mass is 31.2. The molecular formula is C30H56NO10P. The first-order chi connectivity index (χ1) is 20.1. The van der Waals surface area contributed by atoms with E-state index in [1.807, 2.05) is 0 Å². The Bertz CT molecular complexity index is 792. The minimum absolute atomic E-state index is 0.142. The van der Waals surface area contributed by atoms with Crippen LogP contribution in [0.25, 0.3) is 0 Å². The number of amides is 1. The number of hydrogen-bond acceptors (Lipinski definition) is 8. The molecule has 0 aliphatic carbocycles. The van der Waals surface area contributed by atoms with Gasteiger partial charge in [-0.3, -0.25) is 18.6 Å². The smallest absolute Gasteiger partial charge is 0.472 e. The summed E-state index contributed by atoms with van der Waals surface area (Å²) < 4.78 is 26.4. The highest BCUT2D eigenvalue weighted by molar-refractivity contribution is 7.47. The topological polar surface area (TPSA) is 169 Å². The molecule has 0 saturated carbocycles. The van der Waals surface area contributed by atoms with Gasteiger partial charge in [0.15, 0.2) is 6.04 Å². The molecule has 0 fully saturated rings. The number of esters is 1. The number of carboxylic acid groups (broad SMARTS) is 1. The molecule has 0 rings (SSSR count). The largest absolute Gasteiger partial charge is 0.480 e. The zero-order chi connectivity index (χ0) is 31.5. The molecule has 0 aromatic heterocycles. The molecule has 12 heteroatoms. The molecule has 1 amide bonds. The van der Waals surface area contributed by atoms with E-state index in [0.29, 0.717) is 12.8 Å². The standard InChI is InChI=1S/C30H56NO10P/c1-3-5-7-9-10-11-12-13-14-15-16-18-20-22-29(34)39-23-26(32)24-40-42(37,38)41-25-27(30(35)36)31-28(33)21-19-17-8-6-4-2/h11-12,26-27,32H,3-10,13-25H2,1-2H3,(H,31,33)(H,35,36)(H,37,38)/b12-11-. The number of carbonyl (C=O) groups is 3. The fourth-order valence-electron chi connectivity index (χ4n) is 4.01. The number of unbranched alkanes of at least 4 members (excludes halogenated alkanes) is 13. The highest BCUT2D eigenvalue weighted by Gasteiger charge is 2.28. The maximum Gasteiger partial charge on any atom is 0.472 e. The zero-order valence-electron chi connectivity index (χ0n) is 25.8. The van der Waals surface area contributed by atoms with Crippen molar-refractivity contribution in [3.63, 3.8) is 0 Å². The summed E-state index contributed by atoms with van der Waals surface area (Å²) in [5.41, 5.74) is 0. The molecule has 42 heavy (non-hydrogen) atoms. The molecule has 3 unspecified atom stereocenters. The Balaban J connectivity index is 3.99. The first kappa shape index (κ1) is 40.2. The van der Waals surface area contributed by atoms with Crippen LogP contribution in [0.2, 0.25) is 0 Å². The van der Waals surface area contributed by atoms with Crippen LogP contribution in [0.3, 0.4) is 0 Å². The van der Waals surface area contributed by atoms with E-state index in [9.17, 15) is 34.1 Å². The van der Waals surface area contributed by atoms with Gasteiger partial charge in [0.1, 0.15) is 12.7 Å². The van der Waals surface area contributed by atoms with E-state index in [4.69, 9.17) is 4.74 Å². The Morgan fingerprint density at radius 3 is 1.83 bits per heavy atom. The molecular weight excluding hydrogens is 565 g/mol. The minimum atomic E-state index is -4.73. The van der Waals surface area contributed by atoms with Gasteiger partial charge in [0, 0.05) is 12.8 Å². The number of phosphoric ester groups is 1. The van der Waals surface area contributed by atoms with Crippen molar-refractivity contribution in [1.29, 1.82) is 0 Å². The average molecular weight is 622 g/mol. The molecule has 11 nitrogen and oxygen atoms in total. The summed E-state index contributed by atoms with van der Waals surface area (Å²) >= 11 is 0. The van der Waals surface area contributed by atoms with Crippen molar-refractivity contribution < 1.29 is 47.8 Å². The second-order valence-electron chi connectivity index (χ2n) is 10.6. The fourth-order valence-corrected chi connectivity index (χ4v) is 4.78. The second-order valence-corrected chi connectivity index (χ2v) is 12.1.